The summed E-state index contributed by atoms with van der Waals surface area (Å²) in [6.45, 7) is 3.06. The van der Waals surface area contributed by atoms with Crippen LogP contribution in [-0.4, -0.2) is 20.1 Å². The van der Waals surface area contributed by atoms with Crippen LogP contribution in [0.5, 0.6) is 0 Å². The number of aliphatic hydroxyl groups excluding tert-OH is 1. The molecule has 1 N–H and O–H groups in total. The van der Waals surface area contributed by atoms with Gasteiger partial charge in [0.1, 0.15) is 5.69 Å². The largest absolute Gasteiger partial charge is 0.390 e. The van der Waals surface area contributed by atoms with Crippen molar-refractivity contribution in [2.24, 2.45) is 0 Å². The van der Waals surface area contributed by atoms with Crippen LogP contribution >= 0.6 is 0 Å². The van der Waals surface area contributed by atoms with Crippen LogP contribution in [0.25, 0.3) is 0 Å². The van der Waals surface area contributed by atoms with Crippen molar-refractivity contribution in [2.45, 2.75) is 52.2 Å². The highest BCUT2D eigenvalue weighted by Gasteiger charge is 2.11. The number of nitrogens with zero attached hydrogens (tertiary/aromatic N) is 3. The third-order valence-electron chi connectivity index (χ3n) is 3.53. The molecule has 0 unspecified atom stereocenters. The summed E-state index contributed by atoms with van der Waals surface area (Å²) in [5.74, 6) is 0. The lowest BCUT2D eigenvalue weighted by molar-refractivity contribution is 0.275. The summed E-state index contributed by atoms with van der Waals surface area (Å²) in [6, 6.07) is 10.4. The highest BCUT2D eigenvalue weighted by molar-refractivity contribution is 5.18. The fourth-order valence-corrected chi connectivity index (χ4v) is 2.36. The Balaban J connectivity index is 2.02. The van der Waals surface area contributed by atoms with E-state index in [0.717, 1.165) is 37.2 Å². The zero-order valence-electron chi connectivity index (χ0n) is 12.1. The zero-order chi connectivity index (χ0) is 14.2. The summed E-state index contributed by atoms with van der Waals surface area (Å²) >= 11 is 0. The van der Waals surface area contributed by atoms with Crippen molar-refractivity contribution < 1.29 is 5.11 Å². The van der Waals surface area contributed by atoms with Gasteiger partial charge in [-0.15, -0.1) is 5.10 Å². The van der Waals surface area contributed by atoms with E-state index in [4.69, 9.17) is 0 Å². The van der Waals surface area contributed by atoms with Crippen molar-refractivity contribution in [3.63, 3.8) is 0 Å². The van der Waals surface area contributed by atoms with Crippen LogP contribution in [0, 0.1) is 0 Å². The van der Waals surface area contributed by atoms with Gasteiger partial charge in [0.05, 0.1) is 12.3 Å². The molecule has 1 heterocycles. The Labute approximate surface area is 120 Å². The molecule has 0 radical (unpaired) electrons. The van der Waals surface area contributed by atoms with Gasteiger partial charge >= 0.3 is 0 Å². The second kappa shape index (κ2) is 7.80. The first-order valence-electron chi connectivity index (χ1n) is 7.41. The van der Waals surface area contributed by atoms with Crippen molar-refractivity contribution in [1.82, 2.24) is 15.0 Å². The van der Waals surface area contributed by atoms with E-state index in [0.29, 0.717) is 0 Å². The van der Waals surface area contributed by atoms with Crippen LogP contribution in [0.2, 0.25) is 0 Å². The molecule has 0 fully saturated rings. The number of rotatable bonds is 8. The fraction of sp³-hybridized carbons (Fsp3) is 0.500. The maximum atomic E-state index is 9.38. The summed E-state index contributed by atoms with van der Waals surface area (Å²) in [6.07, 6.45) is 5.34. The molecule has 0 bridgehead atoms. The zero-order valence-corrected chi connectivity index (χ0v) is 12.1. The van der Waals surface area contributed by atoms with Gasteiger partial charge in [0.25, 0.3) is 0 Å². The molecular formula is C16H23N3O. The Morgan fingerprint density at radius 1 is 1.10 bits per heavy atom. The minimum Gasteiger partial charge on any atom is -0.390 e. The topological polar surface area (TPSA) is 50.9 Å². The number of unbranched alkanes of at least 4 members (excludes halogenated alkanes) is 2. The fourth-order valence-electron chi connectivity index (χ4n) is 2.36. The van der Waals surface area contributed by atoms with E-state index in [-0.39, 0.29) is 6.61 Å². The lowest BCUT2D eigenvalue weighted by atomic mass is 10.1. The predicted molar refractivity (Wildman–Crippen MR) is 79.3 cm³/mol. The third-order valence-corrected chi connectivity index (χ3v) is 3.53. The third kappa shape index (κ3) is 3.90. The van der Waals surface area contributed by atoms with E-state index in [1.807, 2.05) is 10.7 Å². The quantitative estimate of drug-likeness (QED) is 0.752. The molecule has 4 heteroatoms. The minimum absolute atomic E-state index is 0.0299. The molecule has 1 aromatic heterocycles. The van der Waals surface area contributed by atoms with Gasteiger partial charge in [0, 0.05) is 6.54 Å². The summed E-state index contributed by atoms with van der Waals surface area (Å²) in [5, 5.41) is 17.7. The SMILES string of the molecule is CCCCCn1nnc(CO)c1CCc1ccccc1. The highest BCUT2D eigenvalue weighted by atomic mass is 16.3. The number of hydrogen-bond acceptors (Lipinski definition) is 3. The van der Waals surface area contributed by atoms with Crippen molar-refractivity contribution in [2.75, 3.05) is 0 Å². The van der Waals surface area contributed by atoms with Crippen LogP contribution < -0.4 is 0 Å². The number of benzene rings is 1. The molecule has 2 rings (SSSR count). The molecule has 0 aliphatic rings. The number of aromatic nitrogens is 3. The standard InChI is InChI=1S/C16H23N3O/c1-2-3-7-12-19-16(15(13-20)17-18-19)11-10-14-8-5-4-6-9-14/h4-6,8-9,20H,2-3,7,10-13H2,1H3. The maximum Gasteiger partial charge on any atom is 0.111 e. The molecule has 108 valence electrons. The highest BCUT2D eigenvalue weighted by Crippen LogP contribution is 2.12. The Bertz CT molecular complexity index is 508. The molecule has 0 saturated carbocycles. The Kier molecular flexibility index (Phi) is 5.74. The normalized spacial score (nSPS) is 10.9. The Hall–Kier alpha value is -1.68. The number of aryl methyl sites for hydroxylation is 2. The summed E-state index contributed by atoms with van der Waals surface area (Å²) < 4.78 is 1.96. The molecule has 0 aliphatic heterocycles. The lowest BCUT2D eigenvalue weighted by Crippen LogP contribution is -2.08. The second-order valence-electron chi connectivity index (χ2n) is 5.06. The lowest BCUT2D eigenvalue weighted by Gasteiger charge is -2.07. The van der Waals surface area contributed by atoms with Crippen LogP contribution in [0.1, 0.15) is 43.1 Å². The molecular weight excluding hydrogens is 250 g/mol. The molecule has 0 atom stereocenters. The van der Waals surface area contributed by atoms with Crippen molar-refractivity contribution in [3.05, 3.63) is 47.3 Å². The van der Waals surface area contributed by atoms with Crippen LogP contribution in [0.4, 0.5) is 0 Å². The molecule has 0 aliphatic carbocycles. The van der Waals surface area contributed by atoms with Crippen LogP contribution in [0.3, 0.4) is 0 Å². The maximum absolute atomic E-state index is 9.38. The van der Waals surface area contributed by atoms with E-state index in [1.165, 1.54) is 18.4 Å². The Morgan fingerprint density at radius 2 is 1.90 bits per heavy atom. The van der Waals surface area contributed by atoms with Gasteiger partial charge in [-0.2, -0.15) is 0 Å². The monoisotopic (exact) mass is 273 g/mol. The first kappa shape index (κ1) is 14.7. The van der Waals surface area contributed by atoms with Gasteiger partial charge in [0.2, 0.25) is 0 Å². The Morgan fingerprint density at radius 3 is 2.60 bits per heavy atom. The molecule has 2 aromatic rings. The van der Waals surface area contributed by atoms with E-state index in [2.05, 4.69) is 41.5 Å². The first-order valence-corrected chi connectivity index (χ1v) is 7.41. The number of hydrogen-bond donors (Lipinski definition) is 1. The average Bonchev–Trinajstić information content (AvgIpc) is 2.88. The average molecular weight is 273 g/mol. The van der Waals surface area contributed by atoms with Crippen LogP contribution in [-0.2, 0) is 26.0 Å². The van der Waals surface area contributed by atoms with Gasteiger partial charge in [-0.3, -0.25) is 0 Å². The van der Waals surface area contributed by atoms with E-state index in [9.17, 15) is 5.11 Å². The predicted octanol–water partition coefficient (Wildman–Crippen LogP) is 2.75. The molecule has 0 spiro atoms. The van der Waals surface area contributed by atoms with Crippen molar-refractivity contribution >= 4 is 0 Å². The number of aliphatic hydroxyl groups is 1. The molecule has 1 aromatic carbocycles. The van der Waals surface area contributed by atoms with Gasteiger partial charge in [-0.05, 0) is 24.8 Å². The molecule has 0 amide bonds. The van der Waals surface area contributed by atoms with Crippen molar-refractivity contribution in [3.8, 4) is 0 Å². The van der Waals surface area contributed by atoms with Gasteiger partial charge in [0.15, 0.2) is 0 Å². The molecule has 4 nitrogen and oxygen atoms in total. The van der Waals surface area contributed by atoms with Gasteiger partial charge < -0.3 is 5.11 Å². The molecule has 0 saturated heterocycles. The van der Waals surface area contributed by atoms with E-state index in [1.54, 1.807) is 0 Å². The summed E-state index contributed by atoms with van der Waals surface area (Å²) in [7, 11) is 0. The summed E-state index contributed by atoms with van der Waals surface area (Å²) in [4.78, 5) is 0. The van der Waals surface area contributed by atoms with E-state index < -0.39 is 0 Å². The first-order chi connectivity index (χ1) is 9.85. The van der Waals surface area contributed by atoms with E-state index >= 15 is 0 Å². The van der Waals surface area contributed by atoms with Gasteiger partial charge in [-0.25, -0.2) is 4.68 Å². The summed E-state index contributed by atoms with van der Waals surface area (Å²) in [5.41, 5.74) is 3.10. The van der Waals surface area contributed by atoms with Crippen molar-refractivity contribution in [1.29, 1.82) is 0 Å². The van der Waals surface area contributed by atoms with Crippen LogP contribution in [0.15, 0.2) is 30.3 Å². The molecule has 20 heavy (non-hydrogen) atoms. The smallest absolute Gasteiger partial charge is 0.111 e. The van der Waals surface area contributed by atoms with Gasteiger partial charge in [-0.1, -0.05) is 55.3 Å². The minimum atomic E-state index is -0.0299. The second-order valence-corrected chi connectivity index (χ2v) is 5.06.